The summed E-state index contributed by atoms with van der Waals surface area (Å²) in [4.78, 5) is 8.43. The van der Waals surface area contributed by atoms with Crippen molar-refractivity contribution in [1.29, 1.82) is 0 Å². The molecule has 0 atom stereocenters. The lowest BCUT2D eigenvalue weighted by Gasteiger charge is -2.14. The third-order valence-corrected chi connectivity index (χ3v) is 6.53. The molecule has 6 aromatic rings. The Labute approximate surface area is 258 Å². The summed E-state index contributed by atoms with van der Waals surface area (Å²) >= 11 is 5.95. The number of rotatable bonds is 6. The maximum Gasteiger partial charge on any atom is 0.154 e. The Balaban J connectivity index is 0.000000167. The quantitative estimate of drug-likeness (QED) is 0.115. The van der Waals surface area contributed by atoms with Gasteiger partial charge < -0.3 is 21.7 Å². The number of aryl methyl sites for hydroxylation is 2. The van der Waals surface area contributed by atoms with Crippen LogP contribution in [0.5, 0.6) is 0 Å². The van der Waals surface area contributed by atoms with E-state index in [0.717, 1.165) is 39.9 Å². The highest BCUT2D eigenvalue weighted by Gasteiger charge is 2.05. The van der Waals surface area contributed by atoms with Crippen LogP contribution in [-0.4, -0.2) is 9.97 Å². The van der Waals surface area contributed by atoms with E-state index >= 15 is 0 Å². The highest BCUT2D eigenvalue weighted by molar-refractivity contribution is 6.32. The van der Waals surface area contributed by atoms with Gasteiger partial charge in [-0.15, -0.1) is 0 Å². The van der Waals surface area contributed by atoms with Gasteiger partial charge in [0, 0.05) is 35.1 Å². The summed E-state index contributed by atoms with van der Waals surface area (Å²) in [5.41, 5.74) is 13.5. The molecule has 0 bridgehead atoms. The topological polar surface area (TPSA) is 87.9 Å². The number of nitrogen functional groups attached to an aromatic ring is 1. The summed E-state index contributed by atoms with van der Waals surface area (Å²) < 4.78 is 0. The largest absolute Gasteiger partial charge is 0.399 e. The van der Waals surface area contributed by atoms with Crippen LogP contribution in [-0.2, 0) is 0 Å². The number of para-hydroxylation sites is 4. The van der Waals surface area contributed by atoms with E-state index in [1.54, 1.807) is 12.4 Å². The molecule has 0 aliphatic rings. The van der Waals surface area contributed by atoms with E-state index in [4.69, 9.17) is 17.3 Å². The molecule has 6 rings (SSSR count). The van der Waals surface area contributed by atoms with Crippen molar-refractivity contribution in [1.82, 2.24) is 9.97 Å². The zero-order chi connectivity index (χ0) is 30.3. The summed E-state index contributed by atoms with van der Waals surface area (Å²) in [5.74, 6) is 0.812. The van der Waals surface area contributed by atoms with Crippen molar-refractivity contribution in [3.8, 4) is 0 Å². The fourth-order valence-corrected chi connectivity index (χ4v) is 4.08. The fraction of sp³-hybridized carbons (Fsp3) is 0.0556. The number of halogens is 1. The first kappa shape index (κ1) is 30.6. The maximum atomic E-state index is 5.95. The fourth-order valence-electron chi connectivity index (χ4n) is 3.91. The van der Waals surface area contributed by atoms with E-state index in [2.05, 4.69) is 45.0 Å². The molecule has 5 N–H and O–H groups in total. The van der Waals surface area contributed by atoms with Crippen molar-refractivity contribution in [3.63, 3.8) is 0 Å². The van der Waals surface area contributed by atoms with Crippen LogP contribution in [0.15, 0.2) is 146 Å². The van der Waals surface area contributed by atoms with E-state index in [1.807, 2.05) is 128 Å². The summed E-state index contributed by atoms with van der Waals surface area (Å²) in [7, 11) is 0. The minimum Gasteiger partial charge on any atom is -0.399 e. The van der Waals surface area contributed by atoms with Crippen LogP contribution in [0, 0.1) is 13.8 Å². The first-order chi connectivity index (χ1) is 21.0. The second-order valence-electron chi connectivity index (χ2n) is 9.52. The van der Waals surface area contributed by atoms with Crippen LogP contribution in [0.3, 0.4) is 0 Å². The van der Waals surface area contributed by atoms with Crippen LogP contribution in [0.4, 0.5) is 39.9 Å². The second kappa shape index (κ2) is 16.2. The van der Waals surface area contributed by atoms with E-state index in [1.165, 1.54) is 11.1 Å². The van der Waals surface area contributed by atoms with E-state index in [9.17, 15) is 0 Å². The molecule has 2 heterocycles. The summed E-state index contributed by atoms with van der Waals surface area (Å²) in [6, 6.07) is 43.5. The molecule has 6 nitrogen and oxygen atoms in total. The van der Waals surface area contributed by atoms with Gasteiger partial charge in [-0.2, -0.15) is 0 Å². The van der Waals surface area contributed by atoms with Crippen LogP contribution in [0.2, 0.25) is 5.15 Å². The van der Waals surface area contributed by atoms with Crippen LogP contribution in [0.25, 0.3) is 0 Å². The van der Waals surface area contributed by atoms with Crippen LogP contribution in [0.1, 0.15) is 11.1 Å². The Morgan fingerprint density at radius 2 is 0.953 bits per heavy atom. The molecule has 0 saturated carbocycles. The van der Waals surface area contributed by atoms with Gasteiger partial charge in [0.1, 0.15) is 0 Å². The lowest BCUT2D eigenvalue weighted by Crippen LogP contribution is -2.00. The zero-order valence-corrected chi connectivity index (χ0v) is 25.0. The molecule has 0 aliphatic heterocycles. The van der Waals surface area contributed by atoms with Gasteiger partial charge in [-0.3, -0.25) is 0 Å². The number of nitrogens with zero attached hydrogens (tertiary/aromatic N) is 2. The van der Waals surface area contributed by atoms with Gasteiger partial charge in [-0.25, -0.2) is 9.97 Å². The SMILES string of the molecule is Cc1ccccc1Nc1cccnc1Cl.Cc1ccccc1Nc1cccnc1Nc1ccccc1.Nc1ccccc1. The molecule has 0 aliphatic carbocycles. The number of nitrogens with two attached hydrogens (primary N) is 1. The third kappa shape index (κ3) is 9.92. The van der Waals surface area contributed by atoms with Crippen molar-refractivity contribution in [2.75, 3.05) is 21.7 Å². The van der Waals surface area contributed by atoms with Gasteiger partial charge in [-0.05, 0) is 85.6 Å². The zero-order valence-electron chi connectivity index (χ0n) is 24.2. The number of aromatic nitrogens is 2. The molecule has 4 aromatic carbocycles. The van der Waals surface area contributed by atoms with Gasteiger partial charge in [-0.1, -0.05) is 84.4 Å². The van der Waals surface area contributed by atoms with Gasteiger partial charge in [0.05, 0.1) is 11.4 Å². The molecule has 0 radical (unpaired) electrons. The van der Waals surface area contributed by atoms with Crippen LogP contribution < -0.4 is 21.7 Å². The standard InChI is InChI=1S/C18H17N3.C12H11ClN2.C6H7N/c1-14-8-5-6-11-16(14)21-17-12-7-13-19-18(17)20-15-9-3-2-4-10-15;1-9-5-2-3-6-10(9)15-11-7-4-8-14-12(11)13;7-6-4-2-1-3-5-6/h2-13,21H,1H3,(H,19,20);2-8,15H,1H3;1-5H,7H2. The number of hydrogen-bond donors (Lipinski definition) is 4. The maximum absolute atomic E-state index is 5.95. The molecular weight excluding hydrogens is 552 g/mol. The summed E-state index contributed by atoms with van der Waals surface area (Å²) in [5, 5.41) is 10.5. The Kier molecular flexibility index (Phi) is 11.5. The Morgan fingerprint density at radius 3 is 1.49 bits per heavy atom. The monoisotopic (exact) mass is 586 g/mol. The second-order valence-corrected chi connectivity index (χ2v) is 9.88. The molecule has 7 heteroatoms. The van der Waals surface area contributed by atoms with Gasteiger partial charge in [0.2, 0.25) is 0 Å². The molecule has 0 amide bonds. The van der Waals surface area contributed by atoms with Gasteiger partial charge in [0.15, 0.2) is 11.0 Å². The molecule has 0 unspecified atom stereocenters. The first-order valence-corrected chi connectivity index (χ1v) is 14.2. The molecule has 0 fully saturated rings. The number of pyridine rings is 2. The molecule has 43 heavy (non-hydrogen) atoms. The first-order valence-electron chi connectivity index (χ1n) is 13.8. The summed E-state index contributed by atoms with van der Waals surface area (Å²) in [6.07, 6.45) is 3.46. The lowest BCUT2D eigenvalue weighted by molar-refractivity contribution is 1.30. The number of anilines is 7. The Hall–Kier alpha value is -5.33. The highest BCUT2D eigenvalue weighted by atomic mass is 35.5. The summed E-state index contributed by atoms with van der Waals surface area (Å²) in [6.45, 7) is 4.13. The van der Waals surface area contributed by atoms with Crippen molar-refractivity contribution in [2.45, 2.75) is 13.8 Å². The van der Waals surface area contributed by atoms with E-state index in [-0.39, 0.29) is 0 Å². The minimum absolute atomic E-state index is 0.487. The smallest absolute Gasteiger partial charge is 0.154 e. The molecule has 0 spiro atoms. The number of benzene rings is 4. The lowest BCUT2D eigenvalue weighted by atomic mass is 10.2. The molecule has 0 saturated heterocycles. The van der Waals surface area contributed by atoms with Gasteiger partial charge >= 0.3 is 0 Å². The average molecular weight is 587 g/mol. The van der Waals surface area contributed by atoms with Gasteiger partial charge in [0.25, 0.3) is 0 Å². The highest BCUT2D eigenvalue weighted by Crippen LogP contribution is 2.27. The normalized spacial score (nSPS) is 9.84. The van der Waals surface area contributed by atoms with Crippen molar-refractivity contribution in [2.24, 2.45) is 0 Å². The third-order valence-electron chi connectivity index (χ3n) is 6.23. The predicted octanol–water partition coefficient (Wildman–Crippen LogP) is 9.93. The number of nitrogens with one attached hydrogen (secondary N) is 3. The van der Waals surface area contributed by atoms with Crippen molar-refractivity contribution in [3.05, 3.63) is 162 Å². The Morgan fingerprint density at radius 1 is 0.488 bits per heavy atom. The molecule has 2 aromatic heterocycles. The van der Waals surface area contributed by atoms with Crippen molar-refractivity contribution >= 4 is 51.5 Å². The van der Waals surface area contributed by atoms with E-state index < -0.39 is 0 Å². The molecule has 216 valence electrons. The Bertz CT molecular complexity index is 1650. The average Bonchev–Trinajstić information content (AvgIpc) is 3.03. The molecular formula is C36H35ClN6. The van der Waals surface area contributed by atoms with Crippen molar-refractivity contribution < 1.29 is 0 Å². The van der Waals surface area contributed by atoms with Crippen LogP contribution >= 0.6 is 11.6 Å². The number of hydrogen-bond acceptors (Lipinski definition) is 6. The predicted molar refractivity (Wildman–Crippen MR) is 183 cm³/mol. The van der Waals surface area contributed by atoms with E-state index in [0.29, 0.717) is 5.15 Å². The minimum atomic E-state index is 0.487.